The molecule has 0 bridgehead atoms. The molecule has 1 aliphatic rings. The van der Waals surface area contributed by atoms with E-state index in [1.807, 2.05) is 39.0 Å². The second kappa shape index (κ2) is 11.4. The van der Waals surface area contributed by atoms with Crippen LogP contribution < -0.4 is 14.8 Å². The lowest BCUT2D eigenvalue weighted by Crippen LogP contribution is -2.36. The van der Waals surface area contributed by atoms with Gasteiger partial charge in [0.15, 0.2) is 11.5 Å². The molecule has 0 aliphatic carbocycles. The number of hydrogen-bond acceptors (Lipinski definition) is 6. The second-order valence-corrected chi connectivity index (χ2v) is 9.14. The molecule has 1 saturated heterocycles. The molecule has 9 heteroatoms. The Balaban J connectivity index is 1.76. The van der Waals surface area contributed by atoms with E-state index in [-0.39, 0.29) is 11.4 Å². The zero-order valence-corrected chi connectivity index (χ0v) is 21.0. The summed E-state index contributed by atoms with van der Waals surface area (Å²) < 4.78 is 12.2. The number of thioether (sulfide) groups is 1. The maximum Gasteiger partial charge on any atom is 0.294 e. The van der Waals surface area contributed by atoms with E-state index in [4.69, 9.17) is 9.47 Å². The molecule has 1 heterocycles. The molecule has 1 aliphatic heterocycles. The normalized spacial score (nSPS) is 14.7. The number of carbonyl (C=O) groups is 3. The highest BCUT2D eigenvalue weighted by Crippen LogP contribution is 2.39. The summed E-state index contributed by atoms with van der Waals surface area (Å²) in [6.45, 7) is 6.44. The number of ether oxygens (including phenoxy) is 2. The molecule has 0 saturated carbocycles. The quantitative estimate of drug-likeness (QED) is 0.422. The topological polar surface area (TPSA) is 84.9 Å². The summed E-state index contributed by atoms with van der Waals surface area (Å²) in [4.78, 5) is 38.8. The summed E-state index contributed by atoms with van der Waals surface area (Å²) in [5, 5.41) is 2.23. The number of rotatable bonds is 9. The minimum Gasteiger partial charge on any atom is -0.490 e. The van der Waals surface area contributed by atoms with Gasteiger partial charge >= 0.3 is 0 Å². The molecule has 0 radical (unpaired) electrons. The number of benzene rings is 2. The van der Waals surface area contributed by atoms with E-state index in [2.05, 4.69) is 21.2 Å². The van der Waals surface area contributed by atoms with Crippen molar-refractivity contribution >= 4 is 56.5 Å². The van der Waals surface area contributed by atoms with Crippen molar-refractivity contribution in [1.82, 2.24) is 4.90 Å². The average Bonchev–Trinajstić information content (AvgIpc) is 3.00. The molecule has 0 aromatic heterocycles. The average molecular weight is 533 g/mol. The lowest BCUT2D eigenvalue weighted by Gasteiger charge is -2.14. The first-order valence-corrected chi connectivity index (χ1v) is 12.1. The maximum atomic E-state index is 12.8. The highest BCUT2D eigenvalue weighted by molar-refractivity contribution is 9.10. The fourth-order valence-corrected chi connectivity index (χ4v) is 4.55. The zero-order valence-electron chi connectivity index (χ0n) is 18.6. The molecular weight excluding hydrogens is 508 g/mol. The van der Waals surface area contributed by atoms with E-state index in [9.17, 15) is 14.4 Å². The molecule has 3 rings (SSSR count). The predicted octanol–water partition coefficient (Wildman–Crippen LogP) is 5.62. The molecule has 2 aromatic rings. The van der Waals surface area contributed by atoms with Crippen LogP contribution in [0.3, 0.4) is 0 Å². The SMILES string of the molecule is CCCOc1c(Br)cc(/C=C2/SC(=O)N(CC(=O)Nc3cccc(C)c3)C2=O)cc1OCC. The third-order valence-electron chi connectivity index (χ3n) is 4.56. The van der Waals surface area contributed by atoms with Gasteiger partial charge in [0, 0.05) is 5.69 Å². The van der Waals surface area contributed by atoms with Crippen molar-refractivity contribution in [3.63, 3.8) is 0 Å². The van der Waals surface area contributed by atoms with Crippen LogP contribution in [-0.2, 0) is 9.59 Å². The molecular formula is C24H25BrN2O5S. The van der Waals surface area contributed by atoms with E-state index >= 15 is 0 Å². The first kappa shape index (κ1) is 24.9. The monoisotopic (exact) mass is 532 g/mol. The summed E-state index contributed by atoms with van der Waals surface area (Å²) >= 11 is 4.30. The number of nitrogens with zero attached hydrogens (tertiary/aromatic N) is 1. The van der Waals surface area contributed by atoms with Crippen molar-refractivity contribution in [1.29, 1.82) is 0 Å². The van der Waals surface area contributed by atoms with Gasteiger partial charge in [0.1, 0.15) is 6.54 Å². The molecule has 174 valence electrons. The molecule has 1 N–H and O–H groups in total. The van der Waals surface area contributed by atoms with Crippen LogP contribution >= 0.6 is 27.7 Å². The Bertz CT molecular complexity index is 1100. The predicted molar refractivity (Wildman–Crippen MR) is 134 cm³/mol. The summed E-state index contributed by atoms with van der Waals surface area (Å²) in [7, 11) is 0. The van der Waals surface area contributed by atoms with Crippen LogP contribution in [0.1, 0.15) is 31.4 Å². The van der Waals surface area contributed by atoms with E-state index in [1.165, 1.54) is 0 Å². The molecule has 1 fully saturated rings. The van der Waals surface area contributed by atoms with Crippen LogP contribution in [0, 0.1) is 6.92 Å². The summed E-state index contributed by atoms with van der Waals surface area (Å²) in [6, 6.07) is 10.9. The van der Waals surface area contributed by atoms with E-state index < -0.39 is 17.1 Å². The van der Waals surface area contributed by atoms with Crippen molar-refractivity contribution in [2.45, 2.75) is 27.2 Å². The third kappa shape index (κ3) is 6.39. The second-order valence-electron chi connectivity index (χ2n) is 7.30. The highest BCUT2D eigenvalue weighted by atomic mass is 79.9. The smallest absolute Gasteiger partial charge is 0.294 e. The number of halogens is 1. The van der Waals surface area contributed by atoms with Crippen LogP contribution in [0.25, 0.3) is 6.08 Å². The minimum absolute atomic E-state index is 0.236. The van der Waals surface area contributed by atoms with Crippen molar-refractivity contribution in [2.24, 2.45) is 0 Å². The van der Waals surface area contributed by atoms with Crippen LogP contribution in [0.5, 0.6) is 11.5 Å². The number of carbonyl (C=O) groups excluding carboxylic acids is 3. The highest BCUT2D eigenvalue weighted by Gasteiger charge is 2.36. The third-order valence-corrected chi connectivity index (χ3v) is 6.05. The van der Waals surface area contributed by atoms with Crippen molar-refractivity contribution in [2.75, 3.05) is 25.1 Å². The Morgan fingerprint density at radius 1 is 1.18 bits per heavy atom. The molecule has 0 unspecified atom stereocenters. The Kier molecular flexibility index (Phi) is 8.57. The number of aryl methyl sites for hydroxylation is 1. The number of hydrogen-bond donors (Lipinski definition) is 1. The van der Waals surface area contributed by atoms with Gasteiger partial charge in [-0.1, -0.05) is 19.1 Å². The Labute approximate surface area is 205 Å². The van der Waals surface area contributed by atoms with Crippen LogP contribution in [0.2, 0.25) is 0 Å². The van der Waals surface area contributed by atoms with Crippen molar-refractivity contribution < 1.29 is 23.9 Å². The molecule has 2 aromatic carbocycles. The van der Waals surface area contributed by atoms with Gasteiger partial charge in [-0.15, -0.1) is 0 Å². The van der Waals surface area contributed by atoms with Crippen LogP contribution in [0.4, 0.5) is 10.5 Å². The number of imide groups is 1. The molecule has 0 atom stereocenters. The number of anilines is 1. The Hall–Kier alpha value is -2.78. The number of amides is 3. The fourth-order valence-electron chi connectivity index (χ4n) is 3.13. The first-order valence-electron chi connectivity index (χ1n) is 10.5. The lowest BCUT2D eigenvalue weighted by molar-refractivity contribution is -0.127. The van der Waals surface area contributed by atoms with Gasteiger partial charge in [-0.2, -0.15) is 0 Å². The first-order chi connectivity index (χ1) is 15.8. The van der Waals surface area contributed by atoms with Crippen molar-refractivity contribution in [3.05, 3.63) is 56.9 Å². The maximum absolute atomic E-state index is 12.8. The summed E-state index contributed by atoms with van der Waals surface area (Å²) in [5.41, 5.74) is 2.27. The van der Waals surface area contributed by atoms with E-state index in [0.29, 0.717) is 40.4 Å². The molecule has 33 heavy (non-hydrogen) atoms. The zero-order chi connectivity index (χ0) is 24.0. The molecule has 3 amide bonds. The largest absolute Gasteiger partial charge is 0.490 e. The standard InChI is InChI=1S/C24H25BrN2O5S/c1-4-9-32-22-18(25)11-16(12-19(22)31-5-2)13-20-23(29)27(24(30)33-20)14-21(28)26-17-8-6-7-15(3)10-17/h6-8,10-13H,4-5,9,14H2,1-3H3,(H,26,28)/b20-13+. The molecule has 7 nitrogen and oxygen atoms in total. The summed E-state index contributed by atoms with van der Waals surface area (Å²) in [5.74, 6) is 0.188. The van der Waals surface area contributed by atoms with E-state index in [0.717, 1.165) is 28.6 Å². The Morgan fingerprint density at radius 2 is 1.97 bits per heavy atom. The van der Waals surface area contributed by atoms with Gasteiger partial charge in [-0.05, 0) is 89.4 Å². The van der Waals surface area contributed by atoms with Gasteiger partial charge < -0.3 is 14.8 Å². The van der Waals surface area contributed by atoms with Gasteiger partial charge in [-0.25, -0.2) is 0 Å². The Morgan fingerprint density at radius 3 is 2.67 bits per heavy atom. The summed E-state index contributed by atoms with van der Waals surface area (Å²) in [6.07, 6.45) is 2.46. The van der Waals surface area contributed by atoms with Gasteiger partial charge in [-0.3, -0.25) is 19.3 Å². The van der Waals surface area contributed by atoms with Crippen LogP contribution in [0.15, 0.2) is 45.8 Å². The van der Waals surface area contributed by atoms with Crippen molar-refractivity contribution in [3.8, 4) is 11.5 Å². The fraction of sp³-hybridized carbons (Fsp3) is 0.292. The van der Waals surface area contributed by atoms with Crippen LogP contribution in [-0.4, -0.2) is 41.7 Å². The lowest BCUT2D eigenvalue weighted by atomic mass is 10.2. The molecule has 0 spiro atoms. The van der Waals surface area contributed by atoms with Gasteiger partial charge in [0.2, 0.25) is 5.91 Å². The number of nitrogens with one attached hydrogen (secondary N) is 1. The van der Waals surface area contributed by atoms with Gasteiger partial charge in [0.25, 0.3) is 11.1 Å². The minimum atomic E-state index is -0.509. The van der Waals surface area contributed by atoms with Gasteiger partial charge in [0.05, 0.1) is 22.6 Å². The van der Waals surface area contributed by atoms with E-state index in [1.54, 1.807) is 24.3 Å².